The van der Waals surface area contributed by atoms with Crippen molar-refractivity contribution in [2.45, 2.75) is 6.42 Å². The van der Waals surface area contributed by atoms with Crippen LogP contribution in [-0.2, 0) is 16.5 Å². The molecule has 102 valence electrons. The summed E-state index contributed by atoms with van der Waals surface area (Å²) in [7, 11) is -2.22. The van der Waals surface area contributed by atoms with Crippen LogP contribution in [-0.4, -0.2) is 32.9 Å². The van der Waals surface area contributed by atoms with Gasteiger partial charge in [0.15, 0.2) is 23.1 Å². The summed E-state index contributed by atoms with van der Waals surface area (Å²) in [6, 6.07) is 1.000. The normalized spacial score (nSPS) is 11.4. The molecule has 0 N–H and O–H groups in total. The molecule has 0 spiro atoms. The minimum atomic E-state index is -4.56. The first kappa shape index (κ1) is 14.7. The maximum absolute atomic E-state index is 13.7. The summed E-state index contributed by atoms with van der Waals surface area (Å²) in [6.45, 7) is 0. The maximum atomic E-state index is 13.7. The fourth-order valence-electron chi connectivity index (χ4n) is 1.38. The lowest BCUT2D eigenvalue weighted by Crippen LogP contribution is -2.11. The van der Waals surface area contributed by atoms with Crippen molar-refractivity contribution in [1.29, 1.82) is 0 Å². The van der Waals surface area contributed by atoms with Crippen molar-refractivity contribution in [2.24, 2.45) is 0 Å². The Bertz CT molecular complexity index is 513. The standard InChI is InChI=1S/C10H12F2O5S/c1-16-7-5-8(17-2)10(12)6(9(7)11)3-4-18(13,14)15/h5H,3-4H2,1-2H3,(H,13,14,15)/p-1. The number of hydrogen-bond acceptors (Lipinski definition) is 5. The minimum Gasteiger partial charge on any atom is -0.748 e. The van der Waals surface area contributed by atoms with E-state index in [0.717, 1.165) is 6.07 Å². The van der Waals surface area contributed by atoms with Crippen molar-refractivity contribution in [3.8, 4) is 11.5 Å². The van der Waals surface area contributed by atoms with Crippen molar-refractivity contribution in [3.05, 3.63) is 23.3 Å². The molecule has 0 aliphatic carbocycles. The first-order valence-corrected chi connectivity index (χ1v) is 6.40. The van der Waals surface area contributed by atoms with Crippen LogP contribution in [0.25, 0.3) is 0 Å². The summed E-state index contributed by atoms with van der Waals surface area (Å²) in [6.07, 6.45) is -0.586. The first-order chi connectivity index (χ1) is 8.30. The van der Waals surface area contributed by atoms with E-state index in [9.17, 15) is 21.8 Å². The number of halogens is 2. The molecule has 0 unspecified atom stereocenters. The Labute approximate surface area is 103 Å². The average molecular weight is 281 g/mol. The van der Waals surface area contributed by atoms with Crippen LogP contribution in [0.4, 0.5) is 8.78 Å². The summed E-state index contributed by atoms with van der Waals surface area (Å²) in [5.41, 5.74) is -0.550. The average Bonchev–Trinajstić information content (AvgIpc) is 2.28. The van der Waals surface area contributed by atoms with Gasteiger partial charge in [0.2, 0.25) is 0 Å². The number of rotatable bonds is 5. The van der Waals surface area contributed by atoms with Gasteiger partial charge in [-0.15, -0.1) is 0 Å². The molecule has 0 saturated carbocycles. The van der Waals surface area contributed by atoms with Crippen molar-refractivity contribution >= 4 is 10.1 Å². The molecule has 1 rings (SSSR count). The third-order valence-electron chi connectivity index (χ3n) is 2.27. The summed E-state index contributed by atoms with van der Waals surface area (Å²) < 4.78 is 68.2. The molecule has 0 aliphatic rings. The highest BCUT2D eigenvalue weighted by Gasteiger charge is 2.20. The van der Waals surface area contributed by atoms with Gasteiger partial charge in [0.25, 0.3) is 0 Å². The van der Waals surface area contributed by atoms with E-state index in [1.54, 1.807) is 0 Å². The molecular formula is C10H11F2O5S-. The van der Waals surface area contributed by atoms with Crippen molar-refractivity contribution < 1.29 is 31.2 Å². The van der Waals surface area contributed by atoms with Gasteiger partial charge in [-0.2, -0.15) is 0 Å². The molecule has 0 aromatic heterocycles. The summed E-state index contributed by atoms with van der Waals surface area (Å²) in [5.74, 6) is -3.56. The second-order valence-corrected chi connectivity index (χ2v) is 4.92. The topological polar surface area (TPSA) is 75.7 Å². The lowest BCUT2D eigenvalue weighted by molar-refractivity contribution is 0.353. The first-order valence-electron chi connectivity index (χ1n) is 4.82. The predicted octanol–water partition coefficient (Wildman–Crippen LogP) is 1.07. The third-order valence-corrected chi connectivity index (χ3v) is 2.97. The molecule has 0 fully saturated rings. The molecule has 0 radical (unpaired) electrons. The zero-order valence-electron chi connectivity index (χ0n) is 9.70. The quantitative estimate of drug-likeness (QED) is 0.755. The lowest BCUT2D eigenvalue weighted by atomic mass is 10.1. The largest absolute Gasteiger partial charge is 0.748 e. The monoisotopic (exact) mass is 281 g/mol. The van der Waals surface area contributed by atoms with Crippen LogP contribution in [0.5, 0.6) is 11.5 Å². The van der Waals surface area contributed by atoms with Crippen molar-refractivity contribution in [1.82, 2.24) is 0 Å². The van der Waals surface area contributed by atoms with Crippen LogP contribution in [0.3, 0.4) is 0 Å². The van der Waals surface area contributed by atoms with E-state index in [1.807, 2.05) is 0 Å². The Kier molecular flexibility index (Phi) is 4.47. The van der Waals surface area contributed by atoms with Crippen LogP contribution in [0, 0.1) is 11.6 Å². The van der Waals surface area contributed by atoms with Crippen molar-refractivity contribution in [2.75, 3.05) is 20.0 Å². The Balaban J connectivity index is 3.23. The van der Waals surface area contributed by atoms with E-state index >= 15 is 0 Å². The molecule has 0 bridgehead atoms. The van der Waals surface area contributed by atoms with Gasteiger partial charge in [-0.3, -0.25) is 0 Å². The van der Waals surface area contributed by atoms with E-state index in [2.05, 4.69) is 9.47 Å². The molecule has 0 amide bonds. The van der Waals surface area contributed by atoms with Gasteiger partial charge >= 0.3 is 0 Å². The SMILES string of the molecule is COc1cc(OC)c(F)c(CCS(=O)(=O)[O-])c1F. The summed E-state index contributed by atoms with van der Waals surface area (Å²) in [4.78, 5) is 0. The second-order valence-electron chi connectivity index (χ2n) is 3.40. The molecule has 8 heteroatoms. The zero-order chi connectivity index (χ0) is 13.9. The van der Waals surface area contributed by atoms with Crippen LogP contribution >= 0.6 is 0 Å². The van der Waals surface area contributed by atoms with Gasteiger partial charge in [-0.05, 0) is 6.42 Å². The third kappa shape index (κ3) is 3.30. The molecule has 18 heavy (non-hydrogen) atoms. The Morgan fingerprint density at radius 2 is 1.61 bits per heavy atom. The van der Waals surface area contributed by atoms with Crippen LogP contribution < -0.4 is 9.47 Å². The van der Waals surface area contributed by atoms with E-state index < -0.39 is 39.5 Å². The fourth-order valence-corrected chi connectivity index (χ4v) is 1.84. The summed E-state index contributed by atoms with van der Waals surface area (Å²) >= 11 is 0. The Morgan fingerprint density at radius 3 is 1.94 bits per heavy atom. The van der Waals surface area contributed by atoms with Gasteiger partial charge in [0, 0.05) is 17.4 Å². The number of ether oxygens (including phenoxy) is 2. The molecule has 0 atom stereocenters. The summed E-state index contributed by atoms with van der Waals surface area (Å²) in [5, 5.41) is 0. The molecule has 1 aromatic carbocycles. The highest BCUT2D eigenvalue weighted by atomic mass is 32.2. The van der Waals surface area contributed by atoms with E-state index in [4.69, 9.17) is 0 Å². The fraction of sp³-hybridized carbons (Fsp3) is 0.400. The Hall–Kier alpha value is -1.41. The highest BCUT2D eigenvalue weighted by Crippen LogP contribution is 2.31. The van der Waals surface area contributed by atoms with Crippen LogP contribution in [0.1, 0.15) is 5.56 Å². The number of hydrogen-bond donors (Lipinski definition) is 0. The van der Waals surface area contributed by atoms with Crippen LogP contribution in [0.2, 0.25) is 0 Å². The van der Waals surface area contributed by atoms with E-state index in [0.29, 0.717) is 0 Å². The van der Waals surface area contributed by atoms with Gasteiger partial charge < -0.3 is 14.0 Å². The molecule has 0 aliphatic heterocycles. The smallest absolute Gasteiger partial charge is 0.171 e. The van der Waals surface area contributed by atoms with E-state index in [1.165, 1.54) is 14.2 Å². The lowest BCUT2D eigenvalue weighted by Gasteiger charge is -2.13. The highest BCUT2D eigenvalue weighted by molar-refractivity contribution is 7.85. The van der Waals surface area contributed by atoms with E-state index in [-0.39, 0.29) is 11.5 Å². The zero-order valence-corrected chi connectivity index (χ0v) is 10.5. The molecule has 1 aromatic rings. The van der Waals surface area contributed by atoms with Gasteiger partial charge in [-0.25, -0.2) is 17.2 Å². The maximum Gasteiger partial charge on any atom is 0.171 e. The second kappa shape index (κ2) is 5.49. The van der Waals surface area contributed by atoms with Crippen molar-refractivity contribution in [3.63, 3.8) is 0 Å². The van der Waals surface area contributed by atoms with Gasteiger partial charge in [0.05, 0.1) is 24.3 Å². The number of methoxy groups -OCH3 is 2. The van der Waals surface area contributed by atoms with Gasteiger partial charge in [-0.1, -0.05) is 0 Å². The molecule has 0 saturated heterocycles. The van der Waals surface area contributed by atoms with Gasteiger partial charge in [0.1, 0.15) is 0 Å². The predicted molar refractivity (Wildman–Crippen MR) is 57.7 cm³/mol. The minimum absolute atomic E-state index is 0.286. The molecule has 5 nitrogen and oxygen atoms in total. The number of benzene rings is 1. The Morgan fingerprint density at radius 1 is 1.17 bits per heavy atom. The van der Waals surface area contributed by atoms with Crippen LogP contribution in [0.15, 0.2) is 6.07 Å². The molecular weight excluding hydrogens is 270 g/mol. The molecule has 0 heterocycles.